The Morgan fingerprint density at radius 1 is 0.914 bits per heavy atom. The molecule has 0 unspecified atom stereocenters. The zero-order valence-electron chi connectivity index (χ0n) is 19.7. The van der Waals surface area contributed by atoms with Gasteiger partial charge in [0, 0.05) is 36.6 Å². The zero-order valence-corrected chi connectivity index (χ0v) is 20.5. The molecule has 180 valence electrons. The van der Waals surface area contributed by atoms with Crippen molar-refractivity contribution < 1.29 is 9.53 Å². The summed E-state index contributed by atoms with van der Waals surface area (Å²) in [5, 5.41) is 11.6. The van der Waals surface area contributed by atoms with Crippen LogP contribution in [0.25, 0.3) is 11.1 Å². The van der Waals surface area contributed by atoms with Crippen LogP contribution in [0, 0.1) is 5.41 Å². The number of nitrogens with zero attached hydrogens (tertiary/aromatic N) is 2. The van der Waals surface area contributed by atoms with Gasteiger partial charge in [0.15, 0.2) is 0 Å². The van der Waals surface area contributed by atoms with Crippen molar-refractivity contribution in [2.75, 3.05) is 38.5 Å². The van der Waals surface area contributed by atoms with Gasteiger partial charge >= 0.3 is 0 Å². The highest BCUT2D eigenvalue weighted by molar-refractivity contribution is 6.30. The fourth-order valence-electron chi connectivity index (χ4n) is 3.99. The van der Waals surface area contributed by atoms with Gasteiger partial charge in [0.25, 0.3) is 5.91 Å². The van der Waals surface area contributed by atoms with Crippen molar-refractivity contribution in [3.8, 4) is 16.9 Å². The van der Waals surface area contributed by atoms with E-state index in [1.54, 1.807) is 24.3 Å². The van der Waals surface area contributed by atoms with Crippen LogP contribution in [0.15, 0.2) is 90.3 Å². The summed E-state index contributed by atoms with van der Waals surface area (Å²) in [5.41, 5.74) is 3.21. The van der Waals surface area contributed by atoms with Gasteiger partial charge in [0.2, 0.25) is 5.76 Å². The minimum absolute atomic E-state index is 0.0898. The van der Waals surface area contributed by atoms with E-state index in [0.717, 1.165) is 37.2 Å². The Morgan fingerprint density at radius 3 is 2.29 bits per heavy atom. The van der Waals surface area contributed by atoms with Crippen LogP contribution in [0.3, 0.4) is 0 Å². The molecule has 1 amide bonds. The molecule has 1 aliphatic heterocycles. The average Bonchev–Trinajstić information content (AvgIpc) is 3.10. The number of hydrogen-bond acceptors (Lipinski definition) is 5. The first kappa shape index (κ1) is 24.5. The molecule has 0 atom stereocenters. The molecule has 2 N–H and O–H groups in total. The third-order valence-corrected chi connectivity index (χ3v) is 6.17. The summed E-state index contributed by atoms with van der Waals surface area (Å²) in [7, 11) is 2.08. The summed E-state index contributed by atoms with van der Waals surface area (Å²) in [4.78, 5) is 17.7. The number of rotatable bonds is 7. The molecule has 0 spiro atoms. The predicted octanol–water partition coefficient (Wildman–Crippen LogP) is 5.52. The first-order chi connectivity index (χ1) is 17.0. The van der Waals surface area contributed by atoms with Crippen LogP contribution >= 0.6 is 11.6 Å². The number of likely N-dealkylation sites (N-methyl/N-ethyl adjacent to an activating group) is 1. The SMILES string of the molecule is CN1CCCN(/C(C=N)=C(\Oc2ccc(-c3ccccc3)cc2)C(=O)Nc2ccc(Cl)cc2)CC1. The quantitative estimate of drug-likeness (QED) is 0.261. The van der Waals surface area contributed by atoms with Gasteiger partial charge in [-0.25, -0.2) is 0 Å². The normalized spacial score (nSPS) is 15.1. The predicted molar refractivity (Wildman–Crippen MR) is 142 cm³/mol. The van der Waals surface area contributed by atoms with Gasteiger partial charge < -0.3 is 25.3 Å². The van der Waals surface area contributed by atoms with Gasteiger partial charge in [-0.1, -0.05) is 54.1 Å². The molecule has 6 nitrogen and oxygen atoms in total. The molecule has 1 aliphatic rings. The molecule has 3 aromatic rings. The van der Waals surface area contributed by atoms with Crippen LogP contribution in [0.5, 0.6) is 5.75 Å². The minimum atomic E-state index is -0.421. The van der Waals surface area contributed by atoms with Gasteiger partial charge in [0.1, 0.15) is 11.4 Å². The summed E-state index contributed by atoms with van der Waals surface area (Å²) in [5.74, 6) is 0.194. The van der Waals surface area contributed by atoms with Crippen molar-refractivity contribution in [2.24, 2.45) is 0 Å². The maximum Gasteiger partial charge on any atom is 0.293 e. The number of carbonyl (C=O) groups is 1. The molecule has 4 rings (SSSR count). The number of anilines is 1. The molecule has 0 bridgehead atoms. The molecule has 0 aliphatic carbocycles. The average molecular weight is 489 g/mol. The Bertz CT molecular complexity index is 1180. The topological polar surface area (TPSA) is 68.7 Å². The van der Waals surface area contributed by atoms with Crippen LogP contribution in [0.2, 0.25) is 5.02 Å². The van der Waals surface area contributed by atoms with Gasteiger partial charge in [-0.15, -0.1) is 0 Å². The molecule has 35 heavy (non-hydrogen) atoms. The summed E-state index contributed by atoms with van der Waals surface area (Å²) in [6.45, 7) is 3.25. The second-order valence-corrected chi connectivity index (χ2v) is 8.89. The van der Waals surface area contributed by atoms with Gasteiger partial charge in [-0.2, -0.15) is 0 Å². The number of benzene rings is 3. The van der Waals surface area contributed by atoms with Crippen LogP contribution in [0.4, 0.5) is 5.69 Å². The summed E-state index contributed by atoms with van der Waals surface area (Å²) in [6, 6.07) is 24.6. The van der Waals surface area contributed by atoms with E-state index < -0.39 is 5.91 Å². The highest BCUT2D eigenvalue weighted by Crippen LogP contribution is 2.25. The van der Waals surface area contributed by atoms with Crippen molar-refractivity contribution in [3.05, 3.63) is 95.3 Å². The number of carbonyl (C=O) groups excluding carboxylic acids is 1. The third kappa shape index (κ3) is 6.50. The van der Waals surface area contributed by atoms with Crippen LogP contribution in [0.1, 0.15) is 6.42 Å². The highest BCUT2D eigenvalue weighted by atomic mass is 35.5. The molecular weight excluding hydrogens is 460 g/mol. The third-order valence-electron chi connectivity index (χ3n) is 5.92. The minimum Gasteiger partial charge on any atom is -0.449 e. The first-order valence-corrected chi connectivity index (χ1v) is 12.0. The van der Waals surface area contributed by atoms with E-state index in [9.17, 15) is 4.79 Å². The lowest BCUT2D eigenvalue weighted by atomic mass is 10.1. The maximum atomic E-state index is 13.4. The molecule has 0 radical (unpaired) electrons. The van der Waals surface area contributed by atoms with E-state index in [1.165, 1.54) is 6.21 Å². The monoisotopic (exact) mass is 488 g/mol. The van der Waals surface area contributed by atoms with Crippen molar-refractivity contribution in [3.63, 3.8) is 0 Å². The van der Waals surface area contributed by atoms with E-state index in [4.69, 9.17) is 21.7 Å². The number of ether oxygens (including phenoxy) is 1. The Balaban J connectivity index is 1.64. The van der Waals surface area contributed by atoms with E-state index in [0.29, 0.717) is 28.7 Å². The van der Waals surface area contributed by atoms with Gasteiger partial charge in [0.05, 0.1) is 0 Å². The number of nitrogens with one attached hydrogen (secondary N) is 2. The van der Waals surface area contributed by atoms with Crippen molar-refractivity contribution in [1.29, 1.82) is 5.41 Å². The Labute approximate surface area is 211 Å². The van der Waals surface area contributed by atoms with Crippen LogP contribution in [-0.4, -0.2) is 55.1 Å². The Morgan fingerprint density at radius 2 is 1.60 bits per heavy atom. The smallest absolute Gasteiger partial charge is 0.293 e. The van der Waals surface area contributed by atoms with E-state index in [1.807, 2.05) is 59.5 Å². The summed E-state index contributed by atoms with van der Waals surface area (Å²) in [6.07, 6.45) is 2.14. The van der Waals surface area contributed by atoms with E-state index >= 15 is 0 Å². The second-order valence-electron chi connectivity index (χ2n) is 8.46. The van der Waals surface area contributed by atoms with E-state index in [-0.39, 0.29) is 5.76 Å². The van der Waals surface area contributed by atoms with Crippen molar-refractivity contribution in [1.82, 2.24) is 9.80 Å². The number of halogens is 1. The van der Waals surface area contributed by atoms with Crippen molar-refractivity contribution >= 4 is 29.4 Å². The fourth-order valence-corrected chi connectivity index (χ4v) is 4.11. The summed E-state index contributed by atoms with van der Waals surface area (Å²) < 4.78 is 6.17. The highest BCUT2D eigenvalue weighted by Gasteiger charge is 2.24. The maximum absolute atomic E-state index is 13.4. The standard InChI is InChI=1S/C28H29ClN4O2/c1-32-16-5-17-33(19-18-32)26(20-30)27(28(34)31-24-12-10-23(29)11-13-24)35-25-14-8-22(9-15-25)21-6-3-2-4-7-21/h2-4,6-15,20,30H,5,16-19H2,1H3,(H,31,34)/b27-26-,30-20?. The molecule has 1 heterocycles. The van der Waals surface area contributed by atoms with Crippen LogP contribution < -0.4 is 10.1 Å². The number of amides is 1. The molecule has 1 saturated heterocycles. The lowest BCUT2D eigenvalue weighted by Crippen LogP contribution is -2.33. The first-order valence-electron chi connectivity index (χ1n) is 11.6. The molecule has 3 aromatic carbocycles. The fraction of sp³-hybridized carbons (Fsp3) is 0.214. The number of hydrogen-bond donors (Lipinski definition) is 2. The van der Waals surface area contributed by atoms with Crippen molar-refractivity contribution in [2.45, 2.75) is 6.42 Å². The molecule has 7 heteroatoms. The zero-order chi connectivity index (χ0) is 24.6. The molecule has 0 aromatic heterocycles. The molecular formula is C28H29ClN4O2. The summed E-state index contributed by atoms with van der Waals surface area (Å²) >= 11 is 5.99. The lowest BCUT2D eigenvalue weighted by Gasteiger charge is -2.25. The Kier molecular flexibility index (Phi) is 8.19. The molecule has 0 saturated carbocycles. The van der Waals surface area contributed by atoms with Crippen LogP contribution in [-0.2, 0) is 4.79 Å². The van der Waals surface area contributed by atoms with Gasteiger partial charge in [-0.3, -0.25) is 4.79 Å². The Hall–Kier alpha value is -3.61. The van der Waals surface area contributed by atoms with Gasteiger partial charge in [-0.05, 0) is 67.5 Å². The second kappa shape index (κ2) is 11.7. The lowest BCUT2D eigenvalue weighted by molar-refractivity contribution is -0.115. The number of allylic oxidation sites excluding steroid dienone is 1. The molecule has 1 fully saturated rings. The van der Waals surface area contributed by atoms with E-state index in [2.05, 4.69) is 17.3 Å². The largest absolute Gasteiger partial charge is 0.449 e.